The fraction of sp³-hybridized carbons (Fsp3) is 0.746. The van der Waals surface area contributed by atoms with Crippen molar-refractivity contribution in [2.75, 3.05) is 23.9 Å². The smallest absolute Gasteiger partial charge is 0.185 e. The number of rotatable bonds is 47. The first kappa shape index (κ1) is 58.8. The summed E-state index contributed by atoms with van der Waals surface area (Å²) in [6.45, 7) is 9.96. The highest BCUT2D eigenvalue weighted by Crippen LogP contribution is 2.41. The molecule has 0 unspecified atom stereocenters. The molecule has 0 amide bonds. The fourth-order valence-corrected chi connectivity index (χ4v) is 12.2. The van der Waals surface area contributed by atoms with Crippen LogP contribution in [-0.4, -0.2) is 29.6 Å². The number of ether oxygens (including phenoxy) is 1. The van der Waals surface area contributed by atoms with E-state index in [0.29, 0.717) is 0 Å². The van der Waals surface area contributed by atoms with E-state index >= 15 is 0 Å². The van der Waals surface area contributed by atoms with Gasteiger partial charge in [0.1, 0.15) is 5.75 Å². The number of ketones is 1. The Kier molecular flexibility index (Phi) is 40.6. The molecule has 0 aliphatic heterocycles. The van der Waals surface area contributed by atoms with Gasteiger partial charge in [-0.05, 0) is 78.8 Å². The van der Waals surface area contributed by atoms with Crippen LogP contribution in [0.5, 0.6) is 5.75 Å². The lowest BCUT2D eigenvalue weighted by Gasteiger charge is -2.16. The molecule has 0 aliphatic carbocycles. The number of allylic oxidation sites excluding steroid dienone is 1. The van der Waals surface area contributed by atoms with Gasteiger partial charge in [-0.3, -0.25) is 4.79 Å². The van der Waals surface area contributed by atoms with E-state index in [-0.39, 0.29) is 5.78 Å². The van der Waals surface area contributed by atoms with Gasteiger partial charge in [-0.15, -0.1) is 35.3 Å². The third-order valence-electron chi connectivity index (χ3n) is 12.6. The Bertz CT molecular complexity index is 1330. The summed E-state index contributed by atoms with van der Waals surface area (Å²) >= 11 is 6.04. The van der Waals surface area contributed by atoms with Crippen LogP contribution in [0.4, 0.5) is 0 Å². The first-order chi connectivity index (χ1) is 31.6. The molecule has 5 heteroatoms. The molecule has 2 aromatic rings. The van der Waals surface area contributed by atoms with Crippen molar-refractivity contribution in [3.63, 3.8) is 0 Å². The van der Waals surface area contributed by atoms with E-state index in [2.05, 4.69) is 75.9 Å². The number of thioether (sulfide) groups is 3. The van der Waals surface area contributed by atoms with Crippen LogP contribution in [0.2, 0.25) is 0 Å². The summed E-state index contributed by atoms with van der Waals surface area (Å²) < 4.78 is 6.11. The molecule has 0 saturated carbocycles. The quantitative estimate of drug-likeness (QED) is 0.0285. The van der Waals surface area contributed by atoms with Gasteiger partial charge in [0.25, 0.3) is 0 Å². The monoisotopic (exact) mass is 937 g/mol. The first-order valence-corrected chi connectivity index (χ1v) is 30.6. The van der Waals surface area contributed by atoms with Gasteiger partial charge >= 0.3 is 0 Å². The van der Waals surface area contributed by atoms with Crippen LogP contribution in [0.25, 0.3) is 6.08 Å². The number of hydrogen-bond acceptors (Lipinski definition) is 5. The van der Waals surface area contributed by atoms with Crippen LogP contribution in [0.15, 0.2) is 57.2 Å². The summed E-state index contributed by atoms with van der Waals surface area (Å²) in [5, 5.41) is 0. The molecule has 0 saturated heterocycles. The fourth-order valence-electron chi connectivity index (χ4n) is 8.40. The predicted octanol–water partition coefficient (Wildman–Crippen LogP) is 21.4. The lowest BCUT2D eigenvalue weighted by Crippen LogP contribution is -1.99. The molecule has 0 heterocycles. The molecule has 0 N–H and O–H groups in total. The van der Waals surface area contributed by atoms with E-state index in [1.807, 2.05) is 29.6 Å². The lowest BCUT2D eigenvalue weighted by molar-refractivity contribution is 0.104. The second kappa shape index (κ2) is 44.2. The van der Waals surface area contributed by atoms with Gasteiger partial charge in [0.2, 0.25) is 0 Å². The van der Waals surface area contributed by atoms with Crippen LogP contribution in [0.3, 0.4) is 0 Å². The van der Waals surface area contributed by atoms with Gasteiger partial charge in [-0.25, -0.2) is 0 Å². The first-order valence-electron chi connectivity index (χ1n) is 27.6. The molecular weight excluding hydrogens is 837 g/mol. The maximum atomic E-state index is 13.9. The number of unbranched alkanes of at least 4 members (excludes halogenated alkanes) is 32. The average Bonchev–Trinajstić information content (AvgIpc) is 3.31. The second-order valence-electron chi connectivity index (χ2n) is 18.8. The molecule has 0 aliphatic rings. The van der Waals surface area contributed by atoms with Crippen LogP contribution < -0.4 is 4.74 Å². The van der Waals surface area contributed by atoms with Crippen molar-refractivity contribution in [2.24, 2.45) is 0 Å². The maximum absolute atomic E-state index is 13.9. The second-order valence-corrected chi connectivity index (χ2v) is 22.2. The van der Waals surface area contributed by atoms with Crippen LogP contribution in [-0.2, 0) is 0 Å². The Morgan fingerprint density at radius 1 is 0.422 bits per heavy atom. The topological polar surface area (TPSA) is 26.3 Å². The van der Waals surface area contributed by atoms with Gasteiger partial charge in [-0.1, -0.05) is 251 Å². The van der Waals surface area contributed by atoms with Crippen molar-refractivity contribution in [1.82, 2.24) is 0 Å². The Morgan fingerprint density at radius 2 is 0.750 bits per heavy atom. The standard InChI is InChI=1S/C59H100O2S3/c1-5-9-13-17-21-22-23-24-25-26-27-28-29-30-31-32-33-37-47-61-55-44-41-53(42-45-55)43-46-56(60)54-51-57(62-48-38-34-18-14-10-6-2)59(64-50-40-36-20-16-12-8-4)58(52-54)63-49-39-35-19-15-11-7-3/h41-46,51-52H,5-40,47-50H2,1-4H3/b46-43+. The van der Waals surface area contributed by atoms with Crippen molar-refractivity contribution in [1.29, 1.82) is 0 Å². The highest BCUT2D eigenvalue weighted by Gasteiger charge is 2.16. The average molecular weight is 938 g/mol. The minimum Gasteiger partial charge on any atom is -0.494 e. The third kappa shape index (κ3) is 32.4. The van der Waals surface area contributed by atoms with Crippen LogP contribution in [0.1, 0.15) is 275 Å². The molecule has 0 bridgehead atoms. The lowest BCUT2D eigenvalue weighted by atomic mass is 10.0. The minimum absolute atomic E-state index is 0.102. The molecular formula is C59H100O2S3. The molecule has 64 heavy (non-hydrogen) atoms. The Morgan fingerprint density at radius 3 is 1.12 bits per heavy atom. The summed E-state index contributed by atoms with van der Waals surface area (Å²) in [6.07, 6.45) is 52.5. The molecule has 2 rings (SSSR count). The van der Waals surface area contributed by atoms with Gasteiger partial charge in [0.05, 0.1) is 6.61 Å². The van der Waals surface area contributed by atoms with Gasteiger partial charge < -0.3 is 4.74 Å². The predicted molar refractivity (Wildman–Crippen MR) is 293 cm³/mol. The maximum Gasteiger partial charge on any atom is 0.185 e. The van der Waals surface area contributed by atoms with Crippen molar-refractivity contribution >= 4 is 47.1 Å². The number of carbonyl (C=O) groups is 1. The van der Waals surface area contributed by atoms with Gasteiger partial charge in [0.15, 0.2) is 5.78 Å². The summed E-state index contributed by atoms with van der Waals surface area (Å²) in [6, 6.07) is 12.7. The van der Waals surface area contributed by atoms with Crippen LogP contribution >= 0.6 is 35.3 Å². The number of benzene rings is 2. The minimum atomic E-state index is 0.102. The Hall–Kier alpha value is -1.30. The number of hydrogen-bond donors (Lipinski definition) is 0. The van der Waals surface area contributed by atoms with E-state index in [4.69, 9.17) is 4.74 Å². The zero-order chi connectivity index (χ0) is 45.8. The van der Waals surface area contributed by atoms with Gasteiger partial charge in [0, 0.05) is 20.2 Å². The summed E-state index contributed by atoms with van der Waals surface area (Å²) in [7, 11) is 0. The molecule has 0 spiro atoms. The van der Waals surface area contributed by atoms with E-state index in [1.165, 1.54) is 239 Å². The third-order valence-corrected chi connectivity index (χ3v) is 16.4. The molecule has 0 fully saturated rings. The Balaban J connectivity index is 1.86. The van der Waals surface area contributed by atoms with Crippen molar-refractivity contribution < 1.29 is 9.53 Å². The van der Waals surface area contributed by atoms with Gasteiger partial charge in [-0.2, -0.15) is 0 Å². The molecule has 2 aromatic carbocycles. The molecule has 366 valence electrons. The molecule has 0 atom stereocenters. The van der Waals surface area contributed by atoms with E-state index in [9.17, 15) is 4.79 Å². The van der Waals surface area contributed by atoms with E-state index in [0.717, 1.165) is 47.2 Å². The molecule has 0 radical (unpaired) electrons. The Labute approximate surface area is 411 Å². The molecule has 2 nitrogen and oxygen atoms in total. The van der Waals surface area contributed by atoms with E-state index < -0.39 is 0 Å². The summed E-state index contributed by atoms with van der Waals surface area (Å²) in [4.78, 5) is 18.0. The molecule has 0 aromatic heterocycles. The largest absolute Gasteiger partial charge is 0.494 e. The van der Waals surface area contributed by atoms with E-state index in [1.54, 1.807) is 6.08 Å². The number of carbonyl (C=O) groups excluding carboxylic acids is 1. The van der Waals surface area contributed by atoms with Crippen molar-refractivity contribution in [2.45, 2.75) is 274 Å². The van der Waals surface area contributed by atoms with Crippen molar-refractivity contribution in [3.05, 3.63) is 53.6 Å². The summed E-state index contributed by atoms with van der Waals surface area (Å²) in [5.74, 6) is 4.43. The van der Waals surface area contributed by atoms with Crippen molar-refractivity contribution in [3.8, 4) is 5.75 Å². The normalized spacial score (nSPS) is 11.6. The zero-order valence-corrected chi connectivity index (χ0v) is 44.9. The summed E-state index contributed by atoms with van der Waals surface area (Å²) in [5.41, 5.74) is 1.87. The highest BCUT2D eigenvalue weighted by molar-refractivity contribution is 8.03. The van der Waals surface area contributed by atoms with Crippen LogP contribution in [0, 0.1) is 0 Å². The zero-order valence-electron chi connectivity index (χ0n) is 42.4. The highest BCUT2D eigenvalue weighted by atomic mass is 32.2. The SMILES string of the molecule is CCCCCCCCCCCCCCCCCCCCOc1ccc(/C=C/C(=O)c2cc(SCCCCCCCC)c(SCCCCCCCC)c(SCCCCCCCC)c2)cc1.